The molecule has 1 unspecified atom stereocenters. The van der Waals surface area contributed by atoms with Gasteiger partial charge in [0.15, 0.2) is 0 Å². The van der Waals surface area contributed by atoms with E-state index in [2.05, 4.69) is 91.3 Å². The maximum absolute atomic E-state index is 15.4. The maximum Gasteiger partial charge on any atom is 0.490 e. The predicted molar refractivity (Wildman–Crippen MR) is 444 cm³/mol. The zero-order valence-electron chi connectivity index (χ0n) is 71.8. The molecule has 8 saturated carbocycles. The molecule has 32 bridgehead atoms. The smallest absolute Gasteiger partial charge is 0.462 e. The Labute approximate surface area is 699 Å². The standard InChI is InChI=1S/C98H116F6N4O12/c1-15-61-49(7)85-81-53-21-19-23-55(37-53)89(111)115-59-33-35-93(11)57(39-59)41-75-83-67-29-27-65(95(67,13)77(43-69(83)93)119-91(113)97(99,100)101)48(6)26-32-80(110)118-76-42-58-40-60(34-36-94(58,12)70-44-78(120-92(114)98(102,103)104)96(14)66(28-30-68(96)84(70)76)47(5)25-31-79(109)117-75)116-90(112)56-24-20-22-54(38-56)82(87-50(8)62(16-2)72(106-87)45-71(61)105-85)88-52(10)64(18-4)74(108-88)46-73-63(17-3)51(9)86(81)107-73/h19-24,37-38,45-48,57-60,65-70,75-78,83-84,105,107H,15-18,25-36,39-44H2,1-14H3/t47-,48-,57+,58+,59-,60-,65+,66-,67+,68+,69+,70+,75-,76+,77+,78-,83+,84+,93-,94+,95-,96?/m1/s1. The molecule has 2 N–H and O–H groups in total. The number of aryl methyl sites for hydroxylation is 4. The van der Waals surface area contributed by atoms with E-state index in [0.717, 1.165) is 106 Å². The Morgan fingerprint density at radius 1 is 0.475 bits per heavy atom. The molecule has 120 heavy (non-hydrogen) atoms. The van der Waals surface area contributed by atoms with Crippen LogP contribution in [0.4, 0.5) is 26.3 Å². The second-order valence-corrected chi connectivity index (χ2v) is 39.1. The van der Waals surface area contributed by atoms with Crippen molar-refractivity contribution in [1.29, 1.82) is 0 Å². The lowest BCUT2D eigenvalue weighted by molar-refractivity contribution is -0.243. The number of aromatic nitrogens is 4. The molecule has 0 amide bonds. The highest BCUT2D eigenvalue weighted by Gasteiger charge is 2.71. The molecule has 8 aliphatic carbocycles. The molecule has 22 heteroatoms. The second-order valence-electron chi connectivity index (χ2n) is 39.1. The number of ether oxygens (including phenoxy) is 6. The van der Waals surface area contributed by atoms with Gasteiger partial charge in [0.05, 0.1) is 44.9 Å². The lowest BCUT2D eigenvalue weighted by Gasteiger charge is -2.64. The first-order valence-corrected chi connectivity index (χ1v) is 44.7. The van der Waals surface area contributed by atoms with E-state index in [9.17, 15) is 35.9 Å². The lowest BCUT2D eigenvalue weighted by atomic mass is 9.43. The number of nitrogens with one attached hydrogen (secondary N) is 2. The average molecular weight is 1660 g/mol. The number of carbonyl (C=O) groups excluding carboxylic acids is 6. The molecule has 25 rings (SSSR count). The molecule has 642 valence electrons. The minimum Gasteiger partial charge on any atom is -0.462 e. The van der Waals surface area contributed by atoms with E-state index in [1.165, 1.54) is 0 Å². The highest BCUT2D eigenvalue weighted by atomic mass is 19.4. The van der Waals surface area contributed by atoms with Crippen LogP contribution in [0.25, 0.3) is 66.6 Å². The largest absolute Gasteiger partial charge is 0.490 e. The SMILES string of the molecule is CCC1=C(C)c2nc1cc1[nH]c(c(C)c1CC)c1c3[nH]c(cc4nc(c2-c2cccc(c2)C(=O)O[C@@H]2CC[C@@]5(C)[C@@H](C2)C[C@@H]2OC(=O)CC[C@@H](C)[C@@H]6CC[C@H]7[C@@H]8[C@@H](C[C@@H]9C[C@@H](CC[C@@]9(C)[C@H]8C[C@H](OC(=O)C(F)(F)F)[C@@]76C)OC(=O)c6cccc-1c6)OC(=O)CC[C@@H](C)[C@H]1CC[C@H]6[C@H]2[C@@H]5C[C@@H](OC(=O)C(F)(F)F)C16C)C(C)=C4CC)c(CC)c3C. The van der Waals surface area contributed by atoms with E-state index >= 15 is 19.2 Å². The fourth-order valence-electron chi connectivity index (χ4n) is 27.8. The molecule has 5 aromatic rings. The van der Waals surface area contributed by atoms with E-state index in [1.807, 2.05) is 64.1 Å². The van der Waals surface area contributed by atoms with Crippen LogP contribution in [0.5, 0.6) is 0 Å². The fraction of sp³-hybridized carbons (Fsp3) is 0.612. The molecule has 3 aromatic heterocycles. The lowest BCUT2D eigenvalue weighted by Crippen LogP contribution is -2.64. The Morgan fingerprint density at radius 2 is 0.858 bits per heavy atom. The molecule has 15 heterocycles. The average Bonchev–Trinajstić information content (AvgIpc) is 1.39. The topological polar surface area (TPSA) is 215 Å². The van der Waals surface area contributed by atoms with Gasteiger partial charge in [-0.3, -0.25) is 9.59 Å². The van der Waals surface area contributed by atoms with E-state index < -0.39 is 142 Å². The van der Waals surface area contributed by atoms with Crippen molar-refractivity contribution in [3.63, 3.8) is 0 Å². The molecule has 2 aromatic carbocycles. The third-order valence-electron chi connectivity index (χ3n) is 33.8. The van der Waals surface area contributed by atoms with Crippen molar-refractivity contribution in [2.75, 3.05) is 0 Å². The van der Waals surface area contributed by atoms with Gasteiger partial charge in [-0.2, -0.15) is 26.3 Å². The van der Waals surface area contributed by atoms with Crippen LogP contribution < -0.4 is 0 Å². The zero-order valence-corrected chi connectivity index (χ0v) is 71.8. The quantitative estimate of drug-likeness (QED) is 0.0919. The number of alkyl halides is 6. The Hall–Kier alpha value is -8.56. The molecule has 16 nitrogen and oxygen atoms in total. The number of rotatable bonds is 6. The van der Waals surface area contributed by atoms with Crippen LogP contribution in [-0.2, 0) is 60.4 Å². The summed E-state index contributed by atoms with van der Waals surface area (Å²) >= 11 is 0. The summed E-state index contributed by atoms with van der Waals surface area (Å²) in [5.41, 5.74) is 14.7. The van der Waals surface area contributed by atoms with Crippen molar-refractivity contribution in [2.45, 2.75) is 287 Å². The highest BCUT2D eigenvalue weighted by molar-refractivity contribution is 6.05. The van der Waals surface area contributed by atoms with Gasteiger partial charge in [0.25, 0.3) is 0 Å². The van der Waals surface area contributed by atoms with Crippen molar-refractivity contribution in [3.8, 4) is 22.3 Å². The molecular weight excluding hydrogens is 1540 g/mol. The van der Waals surface area contributed by atoms with Gasteiger partial charge in [-0.1, -0.05) is 93.5 Å². The van der Waals surface area contributed by atoms with Crippen LogP contribution in [0.2, 0.25) is 0 Å². The van der Waals surface area contributed by atoms with Gasteiger partial charge < -0.3 is 38.4 Å². The summed E-state index contributed by atoms with van der Waals surface area (Å²) in [5, 5.41) is 0. The molecule has 0 spiro atoms. The minimum absolute atomic E-state index is 0.0320. The molecule has 1 saturated heterocycles. The van der Waals surface area contributed by atoms with Crippen molar-refractivity contribution in [1.82, 2.24) is 19.9 Å². The molecular formula is C98H116F6N4O12. The number of nitrogens with zero attached hydrogens (tertiary/aromatic N) is 2. The van der Waals surface area contributed by atoms with Gasteiger partial charge in [0, 0.05) is 57.7 Å². The van der Waals surface area contributed by atoms with Gasteiger partial charge in [-0.15, -0.1) is 0 Å². The maximum atomic E-state index is 15.4. The van der Waals surface area contributed by atoms with Crippen LogP contribution in [0, 0.1) is 107 Å². The predicted octanol–water partition coefficient (Wildman–Crippen LogP) is 22.5. The van der Waals surface area contributed by atoms with Gasteiger partial charge in [-0.05, 0) is 318 Å². The van der Waals surface area contributed by atoms with Crippen LogP contribution >= 0.6 is 0 Å². The van der Waals surface area contributed by atoms with Crippen molar-refractivity contribution < 1.29 is 83.5 Å². The van der Waals surface area contributed by atoms with E-state index in [-0.39, 0.29) is 74.0 Å². The number of hydrogen-bond acceptors (Lipinski definition) is 14. The minimum atomic E-state index is -5.32. The van der Waals surface area contributed by atoms with Crippen LogP contribution in [0.1, 0.15) is 277 Å². The van der Waals surface area contributed by atoms with Gasteiger partial charge in [0.1, 0.15) is 36.6 Å². The zero-order chi connectivity index (χ0) is 85.3. The number of halogens is 6. The fourth-order valence-corrected chi connectivity index (χ4v) is 27.8. The number of benzene rings is 2. The summed E-state index contributed by atoms with van der Waals surface area (Å²) < 4.78 is 129. The summed E-state index contributed by atoms with van der Waals surface area (Å²) in [6.45, 7) is 29.2. The Balaban J connectivity index is 0.854. The van der Waals surface area contributed by atoms with E-state index in [1.54, 1.807) is 12.1 Å². The first kappa shape index (κ1) is 83.7. The first-order valence-electron chi connectivity index (χ1n) is 44.7. The van der Waals surface area contributed by atoms with E-state index in [0.29, 0.717) is 119 Å². The number of esters is 6. The van der Waals surface area contributed by atoms with Crippen LogP contribution in [0.15, 0.2) is 60.7 Å². The van der Waals surface area contributed by atoms with Gasteiger partial charge in [-0.25, -0.2) is 29.1 Å². The number of aromatic amines is 2. The van der Waals surface area contributed by atoms with Gasteiger partial charge >= 0.3 is 48.2 Å². The Kier molecular flexibility index (Phi) is 21.4. The second kappa shape index (κ2) is 30.7. The number of allylic oxidation sites excluding steroid dienone is 4. The van der Waals surface area contributed by atoms with Crippen LogP contribution in [-0.4, -0.2) is 105 Å². The molecule has 20 aliphatic rings. The number of hydrogen-bond donors (Lipinski definition) is 2. The normalized spacial score (nSPS) is 35.0. The van der Waals surface area contributed by atoms with E-state index in [4.69, 9.17) is 38.4 Å². The highest BCUT2D eigenvalue weighted by Crippen LogP contribution is 2.72. The summed E-state index contributed by atoms with van der Waals surface area (Å²) in [6, 6.07) is 19.3. The Bertz CT molecular complexity index is 5160. The van der Waals surface area contributed by atoms with Crippen molar-refractivity contribution in [3.05, 3.63) is 117 Å². The molecule has 22 atom stereocenters. The number of H-pyrrole nitrogens is 2. The number of carbonyl (C=O) groups is 6. The third-order valence-corrected chi connectivity index (χ3v) is 33.8. The molecule has 12 aliphatic heterocycles. The summed E-state index contributed by atoms with van der Waals surface area (Å²) in [6.07, 6.45) is -7.74. The summed E-state index contributed by atoms with van der Waals surface area (Å²) in [4.78, 5) is 108. The summed E-state index contributed by atoms with van der Waals surface area (Å²) in [5.74, 6) is -11.3. The summed E-state index contributed by atoms with van der Waals surface area (Å²) in [7, 11) is 0. The van der Waals surface area contributed by atoms with Crippen molar-refractivity contribution in [2.24, 2.45) is 92.7 Å². The Morgan fingerprint density at radius 3 is 1.24 bits per heavy atom. The number of fused-ring (bicyclic) bond motifs is 1. The van der Waals surface area contributed by atoms with Gasteiger partial charge in [0.2, 0.25) is 0 Å². The molecule has 9 fully saturated rings. The van der Waals surface area contributed by atoms with Crippen molar-refractivity contribution >= 4 is 80.2 Å². The monoisotopic (exact) mass is 1650 g/mol. The van der Waals surface area contributed by atoms with Crippen LogP contribution in [0.3, 0.4) is 0 Å². The third kappa shape index (κ3) is 13.6. The first-order chi connectivity index (χ1) is 56.9. The molecule has 0 radical (unpaired) electrons.